The van der Waals surface area contributed by atoms with Gasteiger partial charge in [-0.3, -0.25) is 5.43 Å². The van der Waals surface area contributed by atoms with Crippen LogP contribution in [0, 0.1) is 0 Å². The van der Waals surface area contributed by atoms with Crippen LogP contribution < -0.4 is 5.43 Å². The molecule has 4 nitrogen and oxygen atoms in total. The van der Waals surface area contributed by atoms with Crippen molar-refractivity contribution in [2.45, 2.75) is 32.1 Å². The van der Waals surface area contributed by atoms with Crippen molar-refractivity contribution in [2.24, 2.45) is 5.10 Å². The van der Waals surface area contributed by atoms with E-state index in [0.29, 0.717) is 0 Å². The fraction of sp³-hybridized carbons (Fsp3) is 0.312. The van der Waals surface area contributed by atoms with Crippen molar-refractivity contribution in [3.8, 4) is 0 Å². The zero-order chi connectivity index (χ0) is 14.1. The topological polar surface area (TPSA) is 50.2 Å². The Labute approximate surface area is 127 Å². The van der Waals surface area contributed by atoms with Gasteiger partial charge in [-0.05, 0) is 43.2 Å². The van der Waals surface area contributed by atoms with Gasteiger partial charge in [0.25, 0.3) is 0 Å². The number of hydrazone groups is 1. The third-order valence-electron chi connectivity index (χ3n) is 3.95. The van der Waals surface area contributed by atoms with Crippen molar-refractivity contribution >= 4 is 33.6 Å². The Morgan fingerprint density at radius 1 is 1.24 bits per heavy atom. The Bertz CT molecular complexity index is 770. The lowest BCUT2D eigenvalue weighted by Crippen LogP contribution is -2.00. The Kier molecular flexibility index (Phi) is 3.27. The maximum Gasteiger partial charge on any atom is 0.158 e. The third-order valence-corrected chi connectivity index (χ3v) is 5.15. The van der Waals surface area contributed by atoms with E-state index < -0.39 is 0 Å². The molecule has 0 saturated carbocycles. The van der Waals surface area contributed by atoms with Gasteiger partial charge in [-0.15, -0.1) is 11.3 Å². The maximum atomic E-state index is 4.43. The number of nitrogens with one attached hydrogen (secondary N) is 1. The van der Waals surface area contributed by atoms with E-state index in [1.54, 1.807) is 6.33 Å². The molecule has 0 amide bonds. The molecular weight excluding hydrogens is 280 g/mol. The number of aromatic nitrogens is 2. The normalized spacial score (nSPS) is 17.4. The molecule has 2 heterocycles. The van der Waals surface area contributed by atoms with Crippen LogP contribution >= 0.6 is 11.3 Å². The minimum atomic E-state index is 0.835. The summed E-state index contributed by atoms with van der Waals surface area (Å²) < 4.78 is 0. The molecule has 0 aliphatic heterocycles. The lowest BCUT2D eigenvalue weighted by atomic mass is 9.97. The molecule has 0 aromatic carbocycles. The van der Waals surface area contributed by atoms with Crippen LogP contribution in [0.25, 0.3) is 10.2 Å². The molecule has 0 spiro atoms. The maximum absolute atomic E-state index is 4.43. The standard InChI is InChI=1S/C16H16N4S/c1-2-6-11(5-1)9-19-20-15-14-12-7-3-4-8-13(12)21-16(14)18-10-17-15/h1-2,5,9-10H,3-4,6-8H2,(H,17,18,20)/b19-9-. The smallest absolute Gasteiger partial charge is 0.158 e. The number of aryl methyl sites for hydroxylation is 2. The SMILES string of the molecule is C1=CCC(/C=N\Nc2ncnc3sc4c(c23)CCCC4)=C1. The summed E-state index contributed by atoms with van der Waals surface area (Å²) in [6, 6.07) is 0. The zero-order valence-corrected chi connectivity index (χ0v) is 12.5. The molecular formula is C16H16N4S. The number of rotatable bonds is 3. The summed E-state index contributed by atoms with van der Waals surface area (Å²) in [5.74, 6) is 0.835. The van der Waals surface area contributed by atoms with Crippen LogP contribution in [0.4, 0.5) is 5.82 Å². The second-order valence-corrected chi connectivity index (χ2v) is 6.44. The average Bonchev–Trinajstić information content (AvgIpc) is 3.14. The fourth-order valence-corrected chi connectivity index (χ4v) is 4.14. The molecule has 2 aromatic rings. The molecule has 1 N–H and O–H groups in total. The molecule has 0 unspecified atom stereocenters. The molecule has 2 aliphatic rings. The summed E-state index contributed by atoms with van der Waals surface area (Å²) in [4.78, 5) is 11.4. The summed E-state index contributed by atoms with van der Waals surface area (Å²) in [5, 5.41) is 5.51. The Hall–Kier alpha value is -2.01. The number of hydrogen-bond acceptors (Lipinski definition) is 5. The lowest BCUT2D eigenvalue weighted by Gasteiger charge is -2.11. The summed E-state index contributed by atoms with van der Waals surface area (Å²) >= 11 is 1.81. The van der Waals surface area contributed by atoms with E-state index in [4.69, 9.17) is 0 Å². The minimum Gasteiger partial charge on any atom is -0.261 e. The van der Waals surface area contributed by atoms with Crippen molar-refractivity contribution < 1.29 is 0 Å². The molecule has 0 saturated heterocycles. The van der Waals surface area contributed by atoms with Crippen LogP contribution in [0.5, 0.6) is 0 Å². The molecule has 5 heteroatoms. The predicted molar refractivity (Wildman–Crippen MR) is 88.0 cm³/mol. The first-order chi connectivity index (χ1) is 10.4. The predicted octanol–water partition coefficient (Wildman–Crippen LogP) is 3.85. The third kappa shape index (κ3) is 2.38. The second-order valence-electron chi connectivity index (χ2n) is 5.36. The Morgan fingerprint density at radius 3 is 3.10 bits per heavy atom. The van der Waals surface area contributed by atoms with Gasteiger partial charge in [-0.25, -0.2) is 9.97 Å². The fourth-order valence-electron chi connectivity index (χ4n) is 2.91. The van der Waals surface area contributed by atoms with Gasteiger partial charge >= 0.3 is 0 Å². The van der Waals surface area contributed by atoms with E-state index in [-0.39, 0.29) is 0 Å². The van der Waals surface area contributed by atoms with Crippen molar-refractivity contribution in [3.05, 3.63) is 40.6 Å². The molecule has 2 aromatic heterocycles. The highest BCUT2D eigenvalue weighted by Crippen LogP contribution is 2.38. The molecule has 21 heavy (non-hydrogen) atoms. The molecule has 0 atom stereocenters. The van der Waals surface area contributed by atoms with Gasteiger partial charge in [0, 0.05) is 4.88 Å². The Balaban J connectivity index is 1.66. The molecule has 106 valence electrons. The molecule has 4 rings (SSSR count). The van der Waals surface area contributed by atoms with Gasteiger partial charge in [0.15, 0.2) is 5.82 Å². The number of nitrogens with zero attached hydrogens (tertiary/aromatic N) is 3. The van der Waals surface area contributed by atoms with Crippen LogP contribution in [0.3, 0.4) is 0 Å². The highest BCUT2D eigenvalue weighted by molar-refractivity contribution is 7.19. The molecule has 0 bridgehead atoms. The number of fused-ring (bicyclic) bond motifs is 3. The van der Waals surface area contributed by atoms with Gasteiger partial charge in [0.05, 0.1) is 11.6 Å². The van der Waals surface area contributed by atoms with E-state index in [0.717, 1.165) is 23.5 Å². The second kappa shape index (κ2) is 5.41. The van der Waals surface area contributed by atoms with E-state index in [2.05, 4.69) is 38.7 Å². The summed E-state index contributed by atoms with van der Waals surface area (Å²) in [7, 11) is 0. The first-order valence-corrected chi connectivity index (χ1v) is 8.13. The molecule has 0 fully saturated rings. The number of anilines is 1. The highest BCUT2D eigenvalue weighted by Gasteiger charge is 2.19. The number of allylic oxidation sites excluding steroid dienone is 4. The average molecular weight is 296 g/mol. The first-order valence-electron chi connectivity index (χ1n) is 7.32. The zero-order valence-electron chi connectivity index (χ0n) is 11.7. The van der Waals surface area contributed by atoms with Crippen LogP contribution in [-0.4, -0.2) is 16.2 Å². The Morgan fingerprint density at radius 2 is 2.19 bits per heavy atom. The van der Waals surface area contributed by atoms with Crippen LogP contribution in [0.15, 0.2) is 35.2 Å². The number of thiophene rings is 1. The van der Waals surface area contributed by atoms with Crippen LogP contribution in [0.1, 0.15) is 29.7 Å². The highest BCUT2D eigenvalue weighted by atomic mass is 32.1. The van der Waals surface area contributed by atoms with Gasteiger partial charge in [-0.2, -0.15) is 5.10 Å². The quantitative estimate of drug-likeness (QED) is 0.691. The van der Waals surface area contributed by atoms with Gasteiger partial charge in [0.2, 0.25) is 0 Å². The van der Waals surface area contributed by atoms with Gasteiger partial charge in [-0.1, -0.05) is 18.2 Å². The van der Waals surface area contributed by atoms with E-state index >= 15 is 0 Å². The van der Waals surface area contributed by atoms with Crippen LogP contribution in [0.2, 0.25) is 0 Å². The van der Waals surface area contributed by atoms with Crippen molar-refractivity contribution in [1.29, 1.82) is 0 Å². The van der Waals surface area contributed by atoms with E-state index in [9.17, 15) is 0 Å². The summed E-state index contributed by atoms with van der Waals surface area (Å²) in [5.41, 5.74) is 5.75. The largest absolute Gasteiger partial charge is 0.261 e. The summed E-state index contributed by atoms with van der Waals surface area (Å²) in [6.07, 6.45) is 15.6. The van der Waals surface area contributed by atoms with Crippen molar-refractivity contribution in [1.82, 2.24) is 9.97 Å². The van der Waals surface area contributed by atoms with E-state index in [1.807, 2.05) is 17.6 Å². The minimum absolute atomic E-state index is 0.835. The monoisotopic (exact) mass is 296 g/mol. The van der Waals surface area contributed by atoms with Crippen LogP contribution in [-0.2, 0) is 12.8 Å². The summed E-state index contributed by atoms with van der Waals surface area (Å²) in [6.45, 7) is 0. The molecule has 0 radical (unpaired) electrons. The molecule has 2 aliphatic carbocycles. The van der Waals surface area contributed by atoms with Crippen molar-refractivity contribution in [3.63, 3.8) is 0 Å². The van der Waals surface area contributed by atoms with Gasteiger partial charge < -0.3 is 0 Å². The van der Waals surface area contributed by atoms with Gasteiger partial charge in [0.1, 0.15) is 11.2 Å². The van der Waals surface area contributed by atoms with Crippen molar-refractivity contribution in [2.75, 3.05) is 5.43 Å². The van der Waals surface area contributed by atoms with E-state index in [1.165, 1.54) is 40.7 Å². The number of hydrogen-bond donors (Lipinski definition) is 1. The first kappa shape index (κ1) is 12.7. The lowest BCUT2D eigenvalue weighted by molar-refractivity contribution is 0.700.